The van der Waals surface area contributed by atoms with Gasteiger partial charge < -0.3 is 27.9 Å². The molecule has 0 saturated carbocycles. The summed E-state index contributed by atoms with van der Waals surface area (Å²) in [5.74, 6) is -0.815. The van der Waals surface area contributed by atoms with E-state index in [4.69, 9.17) is 18.5 Å². The molecule has 2 atom stereocenters. The summed E-state index contributed by atoms with van der Waals surface area (Å²) >= 11 is 0. The van der Waals surface area contributed by atoms with Gasteiger partial charge in [-0.25, -0.2) is 0 Å². The van der Waals surface area contributed by atoms with Gasteiger partial charge in [0.05, 0.1) is 27.7 Å². The van der Waals surface area contributed by atoms with Crippen molar-refractivity contribution in [3.8, 4) is 0 Å². The molecule has 462 valence electrons. The van der Waals surface area contributed by atoms with E-state index >= 15 is 0 Å². The molecule has 2 unspecified atom stereocenters. The highest BCUT2D eigenvalue weighted by atomic mass is 31.2. The number of carbonyl (C=O) groups is 2. The summed E-state index contributed by atoms with van der Waals surface area (Å²) in [5.41, 5.74) is 0. The number of nitrogens with zero attached hydrogens (tertiary/aromatic N) is 1. The van der Waals surface area contributed by atoms with Crippen molar-refractivity contribution in [3.05, 3.63) is 60.8 Å². The number of phosphoric acid groups is 1. The first kappa shape index (κ1) is 76.7. The Morgan fingerprint density at radius 1 is 0.405 bits per heavy atom. The number of phosphoric ester groups is 1. The molecule has 0 radical (unpaired) electrons. The number of unbranched alkanes of at least 4 members (excludes halogenated alkanes) is 38. The van der Waals surface area contributed by atoms with Crippen molar-refractivity contribution in [3.63, 3.8) is 0 Å². The molecule has 0 aromatic heterocycles. The molecule has 0 rings (SSSR count). The zero-order chi connectivity index (χ0) is 57.7. The molecule has 0 aliphatic heterocycles. The highest BCUT2D eigenvalue weighted by Crippen LogP contribution is 2.38. The Bertz CT molecular complexity index is 1520. The molecule has 0 spiro atoms. The second kappa shape index (κ2) is 60.3. The van der Waals surface area contributed by atoms with Gasteiger partial charge in [0.1, 0.15) is 19.8 Å². The normalized spacial score (nSPS) is 13.5. The Kier molecular flexibility index (Phi) is 58.6. The van der Waals surface area contributed by atoms with E-state index in [0.717, 1.165) is 64.2 Å². The number of carbonyl (C=O) groups excluding carboxylic acids is 2. The predicted octanol–water partition coefficient (Wildman–Crippen LogP) is 20.8. The Labute approximate surface area is 489 Å². The summed E-state index contributed by atoms with van der Waals surface area (Å²) in [6.07, 6.45) is 78.8. The van der Waals surface area contributed by atoms with Gasteiger partial charge in [0.2, 0.25) is 0 Å². The lowest BCUT2D eigenvalue weighted by Gasteiger charge is -2.28. The standard InChI is InChI=1S/C69H128NO8P/c1-6-8-10-12-14-16-18-20-22-24-25-26-27-28-29-30-31-32-33-34-35-36-37-38-39-40-41-42-43-44-45-46-48-50-52-54-56-58-60-62-69(72)78-67(66-77-79(73,74)76-64-63-70(3,4)5)65-75-68(71)61-59-57-55-53-51-49-47-23-21-19-17-15-13-11-9-7-2/h8,10,14,16,20,22,25-26,28-29,67H,6-7,9,11-13,15,17-19,21,23-24,27,30-66H2,1-5H3/b10-8-,16-14-,22-20-,26-25-,29-28-. The van der Waals surface area contributed by atoms with E-state index in [0.29, 0.717) is 17.4 Å². The number of ether oxygens (including phenoxy) is 2. The monoisotopic (exact) mass is 1130 g/mol. The van der Waals surface area contributed by atoms with Crippen molar-refractivity contribution >= 4 is 19.8 Å². The van der Waals surface area contributed by atoms with E-state index in [1.54, 1.807) is 0 Å². The van der Waals surface area contributed by atoms with Gasteiger partial charge in [0.25, 0.3) is 7.82 Å². The first-order valence-corrected chi connectivity index (χ1v) is 35.0. The van der Waals surface area contributed by atoms with Crippen LogP contribution in [0.25, 0.3) is 0 Å². The van der Waals surface area contributed by atoms with E-state index in [1.165, 1.54) is 218 Å². The maximum absolute atomic E-state index is 12.8. The molecule has 79 heavy (non-hydrogen) atoms. The zero-order valence-electron chi connectivity index (χ0n) is 52.6. The highest BCUT2D eigenvalue weighted by molar-refractivity contribution is 7.45. The van der Waals surface area contributed by atoms with Crippen molar-refractivity contribution in [2.75, 3.05) is 47.5 Å². The van der Waals surface area contributed by atoms with E-state index in [-0.39, 0.29) is 32.0 Å². The molecule has 0 N–H and O–H groups in total. The fraction of sp³-hybridized carbons (Fsp3) is 0.826. The molecule has 0 aliphatic rings. The molecular formula is C69H128NO8P. The molecule has 0 aromatic carbocycles. The quantitative estimate of drug-likeness (QED) is 0.0195. The van der Waals surface area contributed by atoms with Crippen LogP contribution in [0.2, 0.25) is 0 Å². The highest BCUT2D eigenvalue weighted by Gasteiger charge is 2.22. The lowest BCUT2D eigenvalue weighted by Crippen LogP contribution is -2.37. The fourth-order valence-corrected chi connectivity index (χ4v) is 10.4. The van der Waals surface area contributed by atoms with Crippen LogP contribution in [-0.4, -0.2) is 70.0 Å². The minimum atomic E-state index is -4.63. The molecule has 10 heteroatoms. The minimum Gasteiger partial charge on any atom is -0.756 e. The number of hydrogen-bond acceptors (Lipinski definition) is 8. The third-order valence-corrected chi connectivity index (χ3v) is 15.8. The number of hydrogen-bond donors (Lipinski definition) is 0. The zero-order valence-corrected chi connectivity index (χ0v) is 53.5. The largest absolute Gasteiger partial charge is 0.756 e. The van der Waals surface area contributed by atoms with Gasteiger partial charge in [-0.2, -0.15) is 0 Å². The van der Waals surface area contributed by atoms with Gasteiger partial charge in [-0.15, -0.1) is 0 Å². The molecule has 0 amide bonds. The first-order valence-electron chi connectivity index (χ1n) is 33.5. The van der Waals surface area contributed by atoms with E-state index < -0.39 is 26.5 Å². The topological polar surface area (TPSA) is 111 Å². The Morgan fingerprint density at radius 2 is 0.722 bits per heavy atom. The lowest BCUT2D eigenvalue weighted by atomic mass is 10.0. The van der Waals surface area contributed by atoms with Crippen molar-refractivity contribution in [1.82, 2.24) is 0 Å². The minimum absolute atomic E-state index is 0.0281. The van der Waals surface area contributed by atoms with E-state index in [2.05, 4.69) is 74.6 Å². The van der Waals surface area contributed by atoms with Crippen LogP contribution in [0.3, 0.4) is 0 Å². The van der Waals surface area contributed by atoms with Crippen molar-refractivity contribution in [2.45, 2.75) is 322 Å². The van der Waals surface area contributed by atoms with Crippen LogP contribution in [0.15, 0.2) is 60.8 Å². The van der Waals surface area contributed by atoms with Crippen LogP contribution in [-0.2, 0) is 32.7 Å². The van der Waals surface area contributed by atoms with Crippen molar-refractivity contribution in [1.29, 1.82) is 0 Å². The maximum Gasteiger partial charge on any atom is 0.306 e. The van der Waals surface area contributed by atoms with Crippen LogP contribution in [0.1, 0.15) is 316 Å². The van der Waals surface area contributed by atoms with Gasteiger partial charge >= 0.3 is 11.9 Å². The van der Waals surface area contributed by atoms with Gasteiger partial charge in [0.15, 0.2) is 6.10 Å². The molecule has 0 aliphatic carbocycles. The van der Waals surface area contributed by atoms with Crippen LogP contribution in [0, 0.1) is 0 Å². The Morgan fingerprint density at radius 3 is 1.08 bits per heavy atom. The van der Waals surface area contributed by atoms with Crippen molar-refractivity contribution < 1.29 is 42.1 Å². The molecule has 0 heterocycles. The van der Waals surface area contributed by atoms with Crippen LogP contribution < -0.4 is 4.89 Å². The summed E-state index contributed by atoms with van der Waals surface area (Å²) in [6, 6.07) is 0. The molecule has 0 saturated heterocycles. The van der Waals surface area contributed by atoms with Gasteiger partial charge in [-0.3, -0.25) is 14.2 Å². The van der Waals surface area contributed by atoms with Gasteiger partial charge in [0, 0.05) is 12.8 Å². The third-order valence-electron chi connectivity index (χ3n) is 14.8. The number of esters is 2. The summed E-state index contributed by atoms with van der Waals surface area (Å²) in [5, 5.41) is 0. The van der Waals surface area contributed by atoms with E-state index in [1.807, 2.05) is 21.1 Å². The molecule has 9 nitrogen and oxygen atoms in total. The molecule has 0 bridgehead atoms. The fourth-order valence-electron chi connectivity index (χ4n) is 9.69. The smallest absolute Gasteiger partial charge is 0.306 e. The average molecular weight is 1130 g/mol. The SMILES string of the molecule is CC/C=C\C/C=C\C/C=C\C/C=C\C/C=C\CCCCCCCCCCCCCCCCCCCCCCCCCC(=O)OC(COC(=O)CCCCCCCCCCCCCCCCCC)COP(=O)([O-])OCC[N+](C)(C)C. The summed E-state index contributed by atoms with van der Waals surface area (Å²) in [4.78, 5) is 37.9. The Balaban J connectivity index is 3.91. The molecule has 0 aromatic rings. The third kappa shape index (κ3) is 64.7. The summed E-state index contributed by atoms with van der Waals surface area (Å²) in [6.45, 7) is 4.17. The summed E-state index contributed by atoms with van der Waals surface area (Å²) in [7, 11) is 1.18. The molecule has 0 fully saturated rings. The Hall–Kier alpha value is -2.29. The number of quaternary nitrogens is 1. The van der Waals surface area contributed by atoms with Crippen LogP contribution in [0.4, 0.5) is 0 Å². The van der Waals surface area contributed by atoms with Crippen LogP contribution >= 0.6 is 7.82 Å². The summed E-state index contributed by atoms with van der Waals surface area (Å²) < 4.78 is 34.2. The second-order valence-corrected chi connectivity index (χ2v) is 25.2. The van der Waals surface area contributed by atoms with Gasteiger partial charge in [-0.1, -0.05) is 306 Å². The van der Waals surface area contributed by atoms with Crippen molar-refractivity contribution in [2.24, 2.45) is 0 Å². The predicted molar refractivity (Wildman–Crippen MR) is 337 cm³/mol. The number of allylic oxidation sites excluding steroid dienone is 10. The second-order valence-electron chi connectivity index (χ2n) is 23.8. The number of rotatable bonds is 62. The number of likely N-dealkylation sites (N-methyl/N-ethyl adjacent to an activating group) is 1. The first-order chi connectivity index (χ1) is 38.5. The van der Waals surface area contributed by atoms with Crippen LogP contribution in [0.5, 0.6) is 0 Å². The maximum atomic E-state index is 12.8. The lowest BCUT2D eigenvalue weighted by molar-refractivity contribution is -0.870. The molecular weight excluding hydrogens is 1000 g/mol. The van der Waals surface area contributed by atoms with Gasteiger partial charge in [-0.05, 0) is 57.8 Å². The average Bonchev–Trinajstić information content (AvgIpc) is 3.41. The van der Waals surface area contributed by atoms with E-state index in [9.17, 15) is 19.0 Å².